The van der Waals surface area contributed by atoms with Crippen LogP contribution in [0.2, 0.25) is 0 Å². The number of rotatable bonds is 8. The first-order chi connectivity index (χ1) is 14.6. The molecule has 0 unspecified atom stereocenters. The standard InChI is InChI=1S/C23H27BrN2O4/c1-29-13-14-30-21-12-11-16(15-19(21)24)22(27)26-20-10-6-5-9-18(20)23(28)25-17-7-3-2-4-8-17/h5-6,9-12,15,17H,2-4,7-8,13-14H2,1H3,(H,25,28)(H,26,27). The number of hydrogen-bond acceptors (Lipinski definition) is 4. The molecule has 1 fully saturated rings. The number of anilines is 1. The third kappa shape index (κ3) is 6.06. The van der Waals surface area contributed by atoms with E-state index in [2.05, 4.69) is 26.6 Å². The second kappa shape index (κ2) is 11.1. The van der Waals surface area contributed by atoms with Crippen molar-refractivity contribution in [3.63, 3.8) is 0 Å². The van der Waals surface area contributed by atoms with Crippen molar-refractivity contribution in [2.75, 3.05) is 25.6 Å². The molecule has 0 heterocycles. The predicted octanol–water partition coefficient (Wildman–Crippen LogP) is 4.79. The zero-order valence-corrected chi connectivity index (χ0v) is 18.7. The highest BCUT2D eigenvalue weighted by atomic mass is 79.9. The quantitative estimate of drug-likeness (QED) is 0.539. The number of ether oxygens (including phenoxy) is 2. The van der Waals surface area contributed by atoms with Crippen LogP contribution >= 0.6 is 15.9 Å². The summed E-state index contributed by atoms with van der Waals surface area (Å²) in [6.07, 6.45) is 5.53. The molecule has 0 saturated heterocycles. The molecule has 6 nitrogen and oxygen atoms in total. The average Bonchev–Trinajstić information content (AvgIpc) is 2.76. The Morgan fingerprint density at radius 2 is 1.80 bits per heavy atom. The van der Waals surface area contributed by atoms with Crippen LogP contribution in [0.4, 0.5) is 5.69 Å². The highest BCUT2D eigenvalue weighted by molar-refractivity contribution is 9.10. The van der Waals surface area contributed by atoms with Gasteiger partial charge in [0.15, 0.2) is 0 Å². The van der Waals surface area contributed by atoms with Crippen LogP contribution in [-0.4, -0.2) is 38.2 Å². The predicted molar refractivity (Wildman–Crippen MR) is 120 cm³/mol. The summed E-state index contributed by atoms with van der Waals surface area (Å²) in [6, 6.07) is 12.4. The molecular formula is C23H27BrN2O4. The molecule has 2 amide bonds. The van der Waals surface area contributed by atoms with Gasteiger partial charge in [0.2, 0.25) is 0 Å². The molecule has 0 bridgehead atoms. The van der Waals surface area contributed by atoms with Gasteiger partial charge in [-0.1, -0.05) is 31.4 Å². The number of benzene rings is 2. The summed E-state index contributed by atoms with van der Waals surface area (Å²) in [7, 11) is 1.61. The summed E-state index contributed by atoms with van der Waals surface area (Å²) in [5.41, 5.74) is 1.42. The molecule has 1 saturated carbocycles. The highest BCUT2D eigenvalue weighted by Crippen LogP contribution is 2.27. The lowest BCUT2D eigenvalue weighted by Gasteiger charge is -2.23. The molecule has 1 aliphatic carbocycles. The number of carbonyl (C=O) groups excluding carboxylic acids is 2. The lowest BCUT2D eigenvalue weighted by molar-refractivity contribution is 0.0928. The SMILES string of the molecule is COCCOc1ccc(C(=O)Nc2ccccc2C(=O)NC2CCCCC2)cc1Br. The van der Waals surface area contributed by atoms with Gasteiger partial charge in [0.1, 0.15) is 12.4 Å². The van der Waals surface area contributed by atoms with Crippen molar-refractivity contribution < 1.29 is 19.1 Å². The zero-order valence-electron chi connectivity index (χ0n) is 17.1. The van der Waals surface area contributed by atoms with E-state index in [1.807, 2.05) is 0 Å². The molecule has 2 N–H and O–H groups in total. The number of hydrogen-bond donors (Lipinski definition) is 2. The molecule has 7 heteroatoms. The first-order valence-electron chi connectivity index (χ1n) is 10.2. The van der Waals surface area contributed by atoms with Crippen LogP contribution in [0.1, 0.15) is 52.8 Å². The second-order valence-electron chi connectivity index (χ2n) is 7.29. The van der Waals surface area contributed by atoms with E-state index < -0.39 is 0 Å². The summed E-state index contributed by atoms with van der Waals surface area (Å²) in [6.45, 7) is 0.901. The van der Waals surface area contributed by atoms with Gasteiger partial charge in [-0.05, 0) is 59.1 Å². The third-order valence-corrected chi connectivity index (χ3v) is 5.72. The van der Waals surface area contributed by atoms with E-state index in [1.165, 1.54) is 6.42 Å². The third-order valence-electron chi connectivity index (χ3n) is 5.10. The fourth-order valence-corrected chi connectivity index (χ4v) is 3.98. The van der Waals surface area contributed by atoms with Crippen LogP contribution in [0, 0.1) is 0 Å². The molecule has 0 radical (unpaired) electrons. The van der Waals surface area contributed by atoms with Gasteiger partial charge in [-0.3, -0.25) is 9.59 Å². The van der Waals surface area contributed by atoms with Crippen molar-refractivity contribution in [3.05, 3.63) is 58.1 Å². The number of carbonyl (C=O) groups is 2. The van der Waals surface area contributed by atoms with Crippen LogP contribution < -0.4 is 15.4 Å². The van der Waals surface area contributed by atoms with Crippen LogP contribution in [0.3, 0.4) is 0 Å². The number of para-hydroxylation sites is 1. The first-order valence-corrected chi connectivity index (χ1v) is 11.0. The fourth-order valence-electron chi connectivity index (χ4n) is 3.49. The lowest BCUT2D eigenvalue weighted by atomic mass is 9.95. The Kier molecular flexibility index (Phi) is 8.28. The van der Waals surface area contributed by atoms with Crippen molar-refractivity contribution in [2.24, 2.45) is 0 Å². The van der Waals surface area contributed by atoms with Crippen LogP contribution in [-0.2, 0) is 4.74 Å². The topological polar surface area (TPSA) is 76.7 Å². The summed E-state index contributed by atoms with van der Waals surface area (Å²) >= 11 is 3.44. The Hall–Kier alpha value is -2.38. The first kappa shape index (κ1) is 22.3. The molecule has 0 spiro atoms. The minimum absolute atomic E-state index is 0.152. The van der Waals surface area contributed by atoms with Crippen molar-refractivity contribution in [3.8, 4) is 5.75 Å². The van der Waals surface area contributed by atoms with Gasteiger partial charge < -0.3 is 20.1 Å². The molecule has 0 atom stereocenters. The van der Waals surface area contributed by atoms with E-state index in [9.17, 15) is 9.59 Å². The number of halogens is 1. The van der Waals surface area contributed by atoms with Crippen molar-refractivity contribution in [2.45, 2.75) is 38.1 Å². The zero-order chi connectivity index (χ0) is 21.3. The summed E-state index contributed by atoms with van der Waals surface area (Å²) < 4.78 is 11.2. The largest absolute Gasteiger partial charge is 0.490 e. The number of methoxy groups -OCH3 is 1. The minimum atomic E-state index is -0.294. The molecule has 2 aromatic rings. The maximum Gasteiger partial charge on any atom is 0.255 e. The molecule has 1 aliphatic rings. The maximum atomic E-state index is 12.8. The smallest absolute Gasteiger partial charge is 0.255 e. The summed E-state index contributed by atoms with van der Waals surface area (Å²) in [5, 5.41) is 5.97. The Balaban J connectivity index is 1.68. The normalized spacial score (nSPS) is 14.2. The molecule has 0 aliphatic heterocycles. The lowest BCUT2D eigenvalue weighted by Crippen LogP contribution is -2.36. The van der Waals surface area contributed by atoms with Gasteiger partial charge in [0, 0.05) is 18.7 Å². The fraction of sp³-hybridized carbons (Fsp3) is 0.391. The molecule has 160 valence electrons. The monoisotopic (exact) mass is 474 g/mol. The maximum absolute atomic E-state index is 12.8. The van der Waals surface area contributed by atoms with E-state index in [1.54, 1.807) is 49.6 Å². The van der Waals surface area contributed by atoms with Gasteiger partial charge in [-0.2, -0.15) is 0 Å². The van der Waals surface area contributed by atoms with E-state index in [4.69, 9.17) is 9.47 Å². The Morgan fingerprint density at radius 3 is 2.53 bits per heavy atom. The average molecular weight is 475 g/mol. The summed E-state index contributed by atoms with van der Waals surface area (Å²) in [5.74, 6) is 0.189. The van der Waals surface area contributed by atoms with Gasteiger partial charge in [-0.15, -0.1) is 0 Å². The van der Waals surface area contributed by atoms with Gasteiger partial charge in [-0.25, -0.2) is 0 Å². The van der Waals surface area contributed by atoms with Crippen molar-refractivity contribution in [1.29, 1.82) is 0 Å². The van der Waals surface area contributed by atoms with Crippen LogP contribution in [0.15, 0.2) is 46.9 Å². The number of nitrogens with one attached hydrogen (secondary N) is 2. The van der Waals surface area contributed by atoms with E-state index in [0.29, 0.717) is 40.3 Å². The Bertz CT molecular complexity index is 881. The van der Waals surface area contributed by atoms with E-state index in [0.717, 1.165) is 25.7 Å². The molecule has 0 aromatic heterocycles. The second-order valence-corrected chi connectivity index (χ2v) is 8.15. The van der Waals surface area contributed by atoms with Crippen molar-refractivity contribution >= 4 is 33.4 Å². The molecular weight excluding hydrogens is 448 g/mol. The Labute approximate surface area is 185 Å². The van der Waals surface area contributed by atoms with Crippen LogP contribution in [0.5, 0.6) is 5.75 Å². The highest BCUT2D eigenvalue weighted by Gasteiger charge is 2.19. The number of amides is 2. The van der Waals surface area contributed by atoms with Gasteiger partial charge in [0.05, 0.1) is 22.3 Å². The van der Waals surface area contributed by atoms with E-state index >= 15 is 0 Å². The Morgan fingerprint density at radius 1 is 1.03 bits per heavy atom. The molecule has 30 heavy (non-hydrogen) atoms. The molecule has 3 rings (SSSR count). The van der Waals surface area contributed by atoms with Crippen molar-refractivity contribution in [1.82, 2.24) is 5.32 Å². The molecule has 2 aromatic carbocycles. The van der Waals surface area contributed by atoms with E-state index in [-0.39, 0.29) is 17.9 Å². The van der Waals surface area contributed by atoms with Gasteiger partial charge >= 0.3 is 0 Å². The minimum Gasteiger partial charge on any atom is -0.490 e. The van der Waals surface area contributed by atoms with Gasteiger partial charge in [0.25, 0.3) is 11.8 Å². The summed E-state index contributed by atoms with van der Waals surface area (Å²) in [4.78, 5) is 25.6. The van der Waals surface area contributed by atoms with Crippen LogP contribution in [0.25, 0.3) is 0 Å².